The molecule has 1 aromatic rings. The van der Waals surface area contributed by atoms with Gasteiger partial charge in [-0.3, -0.25) is 0 Å². The Labute approximate surface area is 102 Å². The van der Waals surface area contributed by atoms with Gasteiger partial charge in [0, 0.05) is 19.6 Å². The minimum Gasteiger partial charge on any atom is -0.303 e. The first kappa shape index (κ1) is 12.5. The summed E-state index contributed by atoms with van der Waals surface area (Å²) >= 11 is 0. The summed E-state index contributed by atoms with van der Waals surface area (Å²) in [7, 11) is -1.66. The molecule has 5 nitrogen and oxygen atoms in total. The van der Waals surface area contributed by atoms with E-state index in [2.05, 4.69) is 4.90 Å². The molecule has 1 fully saturated rings. The highest BCUT2D eigenvalue weighted by Gasteiger charge is 2.32. The summed E-state index contributed by atoms with van der Waals surface area (Å²) in [6.07, 6.45) is 0. The van der Waals surface area contributed by atoms with Crippen molar-refractivity contribution in [3.63, 3.8) is 0 Å². The first-order chi connectivity index (χ1) is 7.98. The van der Waals surface area contributed by atoms with Crippen molar-refractivity contribution in [3.05, 3.63) is 35.9 Å². The van der Waals surface area contributed by atoms with E-state index in [4.69, 9.17) is 5.14 Å². The molecular weight excluding hydrogens is 238 g/mol. The molecule has 0 saturated carbocycles. The van der Waals surface area contributed by atoms with Gasteiger partial charge in [-0.1, -0.05) is 30.3 Å². The predicted octanol–water partition coefficient (Wildman–Crippen LogP) is 0.179. The van der Waals surface area contributed by atoms with E-state index >= 15 is 0 Å². The molecule has 6 heteroatoms. The topological polar surface area (TPSA) is 66.6 Å². The molecule has 0 spiro atoms. The molecule has 1 saturated heterocycles. The number of nitrogens with zero attached hydrogens (tertiary/aromatic N) is 2. The third kappa shape index (κ3) is 2.84. The lowest BCUT2D eigenvalue weighted by atomic mass is 10.1. The van der Waals surface area contributed by atoms with Crippen LogP contribution in [0.4, 0.5) is 0 Å². The summed E-state index contributed by atoms with van der Waals surface area (Å²) in [6.45, 7) is 1.81. The van der Waals surface area contributed by atoms with E-state index in [0.29, 0.717) is 19.6 Å². The van der Waals surface area contributed by atoms with E-state index in [9.17, 15) is 8.42 Å². The Morgan fingerprint density at radius 3 is 2.47 bits per heavy atom. The van der Waals surface area contributed by atoms with Gasteiger partial charge in [-0.2, -0.15) is 12.7 Å². The van der Waals surface area contributed by atoms with E-state index in [1.807, 2.05) is 37.4 Å². The summed E-state index contributed by atoms with van der Waals surface area (Å²) in [6, 6.07) is 9.41. The van der Waals surface area contributed by atoms with Crippen molar-refractivity contribution >= 4 is 10.2 Å². The SMILES string of the molecule is CN1CCN(S(N)(=O)=O)[C@@H](c2ccccc2)C1. The number of nitrogens with two attached hydrogens (primary N) is 1. The number of likely N-dealkylation sites (N-methyl/N-ethyl adjacent to an activating group) is 1. The Bertz CT molecular complexity index is 475. The van der Waals surface area contributed by atoms with Gasteiger partial charge < -0.3 is 4.90 Å². The maximum absolute atomic E-state index is 11.6. The van der Waals surface area contributed by atoms with Crippen molar-refractivity contribution < 1.29 is 8.42 Å². The zero-order valence-corrected chi connectivity index (χ0v) is 10.6. The Morgan fingerprint density at radius 1 is 1.24 bits per heavy atom. The fourth-order valence-electron chi connectivity index (χ4n) is 2.15. The molecule has 0 bridgehead atoms. The van der Waals surface area contributed by atoms with E-state index in [1.54, 1.807) is 0 Å². The Morgan fingerprint density at radius 2 is 1.88 bits per heavy atom. The lowest BCUT2D eigenvalue weighted by Crippen LogP contribution is -2.51. The average molecular weight is 255 g/mol. The second-order valence-corrected chi connectivity index (χ2v) is 5.84. The third-order valence-corrected chi connectivity index (χ3v) is 4.14. The smallest absolute Gasteiger partial charge is 0.277 e. The maximum atomic E-state index is 11.6. The fraction of sp³-hybridized carbons (Fsp3) is 0.455. The molecule has 1 aliphatic rings. The number of benzene rings is 1. The summed E-state index contributed by atoms with van der Waals surface area (Å²) in [5.41, 5.74) is 0.980. The quantitative estimate of drug-likeness (QED) is 0.819. The van der Waals surface area contributed by atoms with Gasteiger partial charge in [0.1, 0.15) is 0 Å². The average Bonchev–Trinajstić information content (AvgIpc) is 2.28. The van der Waals surface area contributed by atoms with Gasteiger partial charge in [0.05, 0.1) is 6.04 Å². The molecule has 0 amide bonds. The fourth-order valence-corrected chi connectivity index (χ4v) is 3.03. The Kier molecular flexibility index (Phi) is 3.48. The van der Waals surface area contributed by atoms with Crippen LogP contribution in [0.1, 0.15) is 11.6 Å². The zero-order chi connectivity index (χ0) is 12.5. The standard InChI is InChI=1S/C11H17N3O2S/c1-13-7-8-14(17(12,15)16)11(9-13)10-5-3-2-4-6-10/h2-6,11H,7-9H2,1H3,(H2,12,15,16)/t11-/m1/s1. The number of hydrogen-bond donors (Lipinski definition) is 1. The monoisotopic (exact) mass is 255 g/mol. The number of piperazine rings is 1. The predicted molar refractivity (Wildman–Crippen MR) is 66.5 cm³/mol. The normalized spacial score (nSPS) is 23.8. The van der Waals surface area contributed by atoms with Crippen molar-refractivity contribution in [1.29, 1.82) is 0 Å². The van der Waals surface area contributed by atoms with Crippen LogP contribution in [0, 0.1) is 0 Å². The first-order valence-corrected chi connectivity index (χ1v) is 7.02. The molecule has 0 aromatic heterocycles. The minimum absolute atomic E-state index is 0.190. The Balaban J connectivity index is 2.33. The lowest BCUT2D eigenvalue weighted by Gasteiger charge is -2.38. The van der Waals surface area contributed by atoms with Crippen LogP contribution >= 0.6 is 0 Å². The van der Waals surface area contributed by atoms with Crippen LogP contribution in [-0.2, 0) is 10.2 Å². The van der Waals surface area contributed by atoms with Crippen molar-refractivity contribution in [2.45, 2.75) is 6.04 Å². The molecular formula is C11H17N3O2S. The number of hydrogen-bond acceptors (Lipinski definition) is 3. The van der Waals surface area contributed by atoms with Crippen LogP contribution in [0.25, 0.3) is 0 Å². The van der Waals surface area contributed by atoms with E-state index in [-0.39, 0.29) is 6.04 Å². The van der Waals surface area contributed by atoms with Crippen LogP contribution in [0.15, 0.2) is 30.3 Å². The van der Waals surface area contributed by atoms with Crippen molar-refractivity contribution in [2.75, 3.05) is 26.7 Å². The first-order valence-electron chi connectivity index (χ1n) is 5.51. The summed E-state index contributed by atoms with van der Waals surface area (Å²) < 4.78 is 24.5. The van der Waals surface area contributed by atoms with Gasteiger partial charge in [0.2, 0.25) is 0 Å². The Hall–Kier alpha value is -0.950. The number of rotatable bonds is 2. The van der Waals surface area contributed by atoms with Gasteiger partial charge >= 0.3 is 0 Å². The molecule has 17 heavy (non-hydrogen) atoms. The summed E-state index contributed by atoms with van der Waals surface area (Å²) in [5.74, 6) is 0. The van der Waals surface area contributed by atoms with Gasteiger partial charge in [-0.25, -0.2) is 5.14 Å². The maximum Gasteiger partial charge on any atom is 0.277 e. The van der Waals surface area contributed by atoms with Crippen LogP contribution in [-0.4, -0.2) is 44.3 Å². The van der Waals surface area contributed by atoms with Crippen LogP contribution in [0.2, 0.25) is 0 Å². The minimum atomic E-state index is -3.64. The molecule has 94 valence electrons. The molecule has 1 aromatic carbocycles. The van der Waals surface area contributed by atoms with Gasteiger partial charge in [0.25, 0.3) is 10.2 Å². The van der Waals surface area contributed by atoms with Crippen LogP contribution < -0.4 is 5.14 Å². The van der Waals surface area contributed by atoms with Gasteiger partial charge in [-0.15, -0.1) is 0 Å². The molecule has 2 rings (SSSR count). The molecule has 1 heterocycles. The van der Waals surface area contributed by atoms with Crippen molar-refractivity contribution in [1.82, 2.24) is 9.21 Å². The second-order valence-electron chi connectivity index (χ2n) is 4.34. The largest absolute Gasteiger partial charge is 0.303 e. The van der Waals surface area contributed by atoms with Gasteiger partial charge in [-0.05, 0) is 12.6 Å². The highest BCUT2D eigenvalue weighted by atomic mass is 32.2. The van der Waals surface area contributed by atoms with E-state index in [1.165, 1.54) is 4.31 Å². The van der Waals surface area contributed by atoms with Crippen LogP contribution in [0.5, 0.6) is 0 Å². The molecule has 2 N–H and O–H groups in total. The molecule has 1 atom stereocenters. The highest BCUT2D eigenvalue weighted by Crippen LogP contribution is 2.25. The molecule has 0 radical (unpaired) electrons. The third-order valence-electron chi connectivity index (χ3n) is 3.05. The highest BCUT2D eigenvalue weighted by molar-refractivity contribution is 7.86. The van der Waals surface area contributed by atoms with Crippen molar-refractivity contribution in [3.8, 4) is 0 Å². The summed E-state index contributed by atoms with van der Waals surface area (Å²) in [4.78, 5) is 2.11. The molecule has 1 aliphatic heterocycles. The van der Waals surface area contributed by atoms with Crippen molar-refractivity contribution in [2.24, 2.45) is 5.14 Å². The molecule has 0 aliphatic carbocycles. The lowest BCUT2D eigenvalue weighted by molar-refractivity contribution is 0.161. The summed E-state index contributed by atoms with van der Waals surface area (Å²) in [5, 5.41) is 5.26. The molecule has 0 unspecified atom stereocenters. The second kappa shape index (κ2) is 4.73. The van der Waals surface area contributed by atoms with Gasteiger partial charge in [0.15, 0.2) is 0 Å². The zero-order valence-electron chi connectivity index (χ0n) is 9.78. The van der Waals surface area contributed by atoms with E-state index < -0.39 is 10.2 Å². The van der Waals surface area contributed by atoms with E-state index in [0.717, 1.165) is 5.56 Å². The van der Waals surface area contributed by atoms with Crippen LogP contribution in [0.3, 0.4) is 0 Å².